The van der Waals surface area contributed by atoms with Crippen LogP contribution in [0.2, 0.25) is 0 Å². The van der Waals surface area contributed by atoms with Crippen LogP contribution in [0.5, 0.6) is 0 Å². The van der Waals surface area contributed by atoms with E-state index in [1.54, 1.807) is 0 Å². The molecule has 10 heteroatoms. The van der Waals surface area contributed by atoms with Crippen molar-refractivity contribution in [2.75, 3.05) is 6.54 Å². The smallest absolute Gasteiger partial charge is 0.416 e. The Balaban J connectivity index is 1.53. The van der Waals surface area contributed by atoms with E-state index in [-0.39, 0.29) is 42.2 Å². The fraction of sp³-hybridized carbons (Fsp3) is 0.423. The molecule has 2 N–H and O–H groups in total. The summed E-state index contributed by atoms with van der Waals surface area (Å²) >= 11 is 0. The van der Waals surface area contributed by atoms with Gasteiger partial charge in [-0.2, -0.15) is 18.2 Å². The zero-order valence-corrected chi connectivity index (χ0v) is 19.8. The number of amides is 1. The Bertz CT molecular complexity index is 1190. The van der Waals surface area contributed by atoms with Gasteiger partial charge in [-0.25, -0.2) is 4.79 Å². The summed E-state index contributed by atoms with van der Waals surface area (Å²) in [6.45, 7) is 2.22. The van der Waals surface area contributed by atoms with Crippen LogP contribution in [0, 0.1) is 0 Å². The molecule has 0 unspecified atom stereocenters. The van der Waals surface area contributed by atoms with Gasteiger partial charge in [0.05, 0.1) is 11.7 Å². The molecule has 192 valence electrons. The number of carbonyl (C=O) groups is 1. The summed E-state index contributed by atoms with van der Waals surface area (Å²) in [5.74, 6) is -0.258. The fourth-order valence-corrected chi connectivity index (χ4v) is 4.49. The van der Waals surface area contributed by atoms with Gasteiger partial charge >= 0.3 is 12.3 Å². The highest BCUT2D eigenvalue weighted by Gasteiger charge is 2.41. The second-order valence-electron chi connectivity index (χ2n) is 9.02. The number of hydrogen-bond donors (Lipinski definition) is 2. The van der Waals surface area contributed by atoms with Crippen molar-refractivity contribution in [1.82, 2.24) is 15.0 Å². The van der Waals surface area contributed by atoms with Crippen LogP contribution in [0.1, 0.15) is 60.4 Å². The number of aliphatic hydroxyl groups excluding tert-OH is 1. The predicted octanol–water partition coefficient (Wildman–Crippen LogP) is 5.67. The minimum Gasteiger partial charge on any atom is -0.465 e. The third kappa shape index (κ3) is 5.70. The van der Waals surface area contributed by atoms with Crippen molar-refractivity contribution in [3.8, 4) is 11.4 Å². The first-order valence-corrected chi connectivity index (χ1v) is 12.0. The first kappa shape index (κ1) is 25.7. The molecule has 0 radical (unpaired) electrons. The Hall–Kier alpha value is -3.40. The van der Waals surface area contributed by atoms with Gasteiger partial charge in [-0.15, -0.1) is 0 Å². The molecule has 4 rings (SSSR count). The molecule has 1 aromatic heterocycles. The Kier molecular flexibility index (Phi) is 7.63. The van der Waals surface area contributed by atoms with Crippen molar-refractivity contribution in [2.45, 2.75) is 63.8 Å². The number of nitrogens with zero attached hydrogens (tertiary/aromatic N) is 3. The van der Waals surface area contributed by atoms with Gasteiger partial charge in [0, 0.05) is 12.1 Å². The summed E-state index contributed by atoms with van der Waals surface area (Å²) in [4.78, 5) is 16.5. The zero-order chi connectivity index (χ0) is 25.9. The first-order valence-electron chi connectivity index (χ1n) is 12.0. The summed E-state index contributed by atoms with van der Waals surface area (Å²) < 4.78 is 46.9. The first-order chi connectivity index (χ1) is 17.2. The third-order valence-electron chi connectivity index (χ3n) is 6.50. The quantitative estimate of drug-likeness (QED) is 0.411. The molecule has 2 aromatic carbocycles. The summed E-state index contributed by atoms with van der Waals surface area (Å²) in [5, 5.41) is 23.2. The third-order valence-corrected chi connectivity index (χ3v) is 6.50. The lowest BCUT2D eigenvalue weighted by Crippen LogP contribution is -2.32. The van der Waals surface area contributed by atoms with Crippen LogP contribution >= 0.6 is 0 Å². The number of likely N-dealkylation sites (tertiary alicyclic amines) is 1. The van der Waals surface area contributed by atoms with Crippen molar-refractivity contribution in [3.05, 3.63) is 70.6 Å². The van der Waals surface area contributed by atoms with Crippen molar-refractivity contribution in [1.29, 1.82) is 0 Å². The van der Waals surface area contributed by atoms with E-state index >= 15 is 0 Å². The highest BCUT2D eigenvalue weighted by atomic mass is 19.4. The van der Waals surface area contributed by atoms with E-state index in [1.807, 2.05) is 24.3 Å². The lowest BCUT2D eigenvalue weighted by Gasteiger charge is -2.19. The predicted molar refractivity (Wildman–Crippen MR) is 125 cm³/mol. The molecule has 0 bridgehead atoms. The molecule has 1 aliphatic heterocycles. The molecule has 0 saturated carbocycles. The van der Waals surface area contributed by atoms with E-state index in [4.69, 9.17) is 4.52 Å². The normalized spacial score (nSPS) is 18.1. The van der Waals surface area contributed by atoms with Crippen molar-refractivity contribution >= 4 is 6.09 Å². The molecule has 1 amide bonds. The number of carboxylic acid groups (broad SMARTS) is 1. The maximum absolute atomic E-state index is 13.9. The van der Waals surface area contributed by atoms with Gasteiger partial charge in [-0.05, 0) is 54.9 Å². The average molecular weight is 504 g/mol. The average Bonchev–Trinajstić information content (AvgIpc) is 3.48. The van der Waals surface area contributed by atoms with Crippen molar-refractivity contribution < 1.29 is 32.7 Å². The second-order valence-corrected chi connectivity index (χ2v) is 9.02. The number of aromatic nitrogens is 2. The number of alkyl halides is 3. The number of benzene rings is 2. The number of halogens is 3. The number of aliphatic hydroxyl groups is 1. The molecule has 1 aliphatic rings. The van der Waals surface area contributed by atoms with Crippen LogP contribution in [0.3, 0.4) is 0 Å². The van der Waals surface area contributed by atoms with Crippen molar-refractivity contribution in [3.63, 3.8) is 0 Å². The molecular formula is C26H28F3N3O4. The Morgan fingerprint density at radius 1 is 1.11 bits per heavy atom. The minimum atomic E-state index is -4.58. The molecule has 2 heterocycles. The van der Waals surface area contributed by atoms with Gasteiger partial charge in [-0.1, -0.05) is 54.9 Å². The van der Waals surface area contributed by atoms with E-state index in [9.17, 15) is 28.2 Å². The number of unbranched alkanes of at least 4 members (excludes halogenated alkanes) is 1. The van der Waals surface area contributed by atoms with E-state index < -0.39 is 30.0 Å². The molecule has 3 aromatic rings. The molecule has 7 nitrogen and oxygen atoms in total. The fourth-order valence-electron chi connectivity index (χ4n) is 4.49. The Labute approximate surface area is 206 Å². The summed E-state index contributed by atoms with van der Waals surface area (Å²) in [6, 6.07) is 10.8. The molecular weight excluding hydrogens is 475 g/mol. The van der Waals surface area contributed by atoms with Gasteiger partial charge in [0.1, 0.15) is 6.04 Å². The number of rotatable bonds is 8. The number of aryl methyl sites for hydroxylation is 3. The van der Waals surface area contributed by atoms with Crippen molar-refractivity contribution in [2.24, 2.45) is 0 Å². The van der Waals surface area contributed by atoms with Crippen LogP contribution in [0.4, 0.5) is 18.0 Å². The maximum Gasteiger partial charge on any atom is 0.416 e. The molecule has 1 fully saturated rings. The summed E-state index contributed by atoms with van der Waals surface area (Å²) in [7, 11) is 0. The summed E-state index contributed by atoms with van der Waals surface area (Å²) in [5.41, 5.74) is 1.66. The van der Waals surface area contributed by atoms with Crippen LogP contribution in [0.15, 0.2) is 47.0 Å². The minimum absolute atomic E-state index is 0.0905. The lowest BCUT2D eigenvalue weighted by molar-refractivity contribution is -0.138. The van der Waals surface area contributed by atoms with E-state index in [0.717, 1.165) is 35.8 Å². The zero-order valence-electron chi connectivity index (χ0n) is 19.8. The van der Waals surface area contributed by atoms with Gasteiger partial charge in [0.15, 0.2) is 0 Å². The molecule has 0 spiro atoms. The van der Waals surface area contributed by atoms with Crippen LogP contribution in [-0.4, -0.2) is 44.0 Å². The Morgan fingerprint density at radius 2 is 1.81 bits per heavy atom. The lowest BCUT2D eigenvalue weighted by atomic mass is 9.96. The van der Waals surface area contributed by atoms with Crippen LogP contribution in [0.25, 0.3) is 11.4 Å². The van der Waals surface area contributed by atoms with Gasteiger partial charge in [-0.3, -0.25) is 4.90 Å². The topological polar surface area (TPSA) is 99.7 Å². The highest BCUT2D eigenvalue weighted by Crippen LogP contribution is 2.36. The van der Waals surface area contributed by atoms with Crippen LogP contribution in [-0.2, 0) is 25.4 Å². The standard InChI is InChI=1S/C26H28F3N3O4/c1-2-3-4-16-5-7-17(8-6-16)9-10-18-11-12-19(15-20(18)26(27,28)29)23-30-24(36-31-23)22-21(33)13-14-32(22)25(34)35/h5-8,11-12,15,21-22,33H,2-4,9-10,13-14H2,1H3,(H,34,35)/t21-,22-/m0/s1. The molecule has 36 heavy (non-hydrogen) atoms. The monoisotopic (exact) mass is 503 g/mol. The van der Waals surface area contributed by atoms with E-state index in [0.29, 0.717) is 6.42 Å². The largest absolute Gasteiger partial charge is 0.465 e. The molecule has 1 saturated heterocycles. The molecule has 0 aliphatic carbocycles. The Morgan fingerprint density at radius 3 is 2.44 bits per heavy atom. The van der Waals surface area contributed by atoms with Crippen LogP contribution < -0.4 is 0 Å². The van der Waals surface area contributed by atoms with E-state index in [1.165, 1.54) is 17.7 Å². The molecule has 2 atom stereocenters. The summed E-state index contributed by atoms with van der Waals surface area (Å²) in [6.07, 6.45) is -2.81. The van der Waals surface area contributed by atoms with Gasteiger partial charge < -0.3 is 14.7 Å². The SMILES string of the molecule is CCCCc1ccc(CCc2ccc(-c3noc([C@@H]4[C@@H](O)CCN4C(=O)O)n3)cc2C(F)(F)F)cc1. The number of hydrogen-bond acceptors (Lipinski definition) is 5. The van der Waals surface area contributed by atoms with Gasteiger partial charge in [0.25, 0.3) is 5.89 Å². The second kappa shape index (κ2) is 10.7. The highest BCUT2D eigenvalue weighted by molar-refractivity contribution is 5.66. The van der Waals surface area contributed by atoms with E-state index in [2.05, 4.69) is 17.1 Å². The maximum atomic E-state index is 13.9. The van der Waals surface area contributed by atoms with Gasteiger partial charge in [0.2, 0.25) is 5.82 Å².